The average Bonchev–Trinajstić information content (AvgIpc) is 2.81. The van der Waals surface area contributed by atoms with Crippen molar-refractivity contribution in [3.8, 4) is 0 Å². The molecule has 0 saturated carbocycles. The standard InChI is InChI=1S/C12H8F4N4/c13-8-1-2-9(17-5-8)10-6-20-11(19-10)3-7(4-18-20)12(14,15)16/h1-5,10H,6H2. The van der Waals surface area contributed by atoms with Crippen LogP contribution in [-0.2, 0) is 0 Å². The molecular weight excluding hydrogens is 276 g/mol. The molecule has 3 rings (SSSR count). The molecule has 20 heavy (non-hydrogen) atoms. The Labute approximate surface area is 111 Å². The Morgan fingerprint density at radius 2 is 2.05 bits per heavy atom. The molecule has 1 atom stereocenters. The van der Waals surface area contributed by atoms with Gasteiger partial charge in [0.2, 0.25) is 0 Å². The van der Waals surface area contributed by atoms with Crippen molar-refractivity contribution in [3.05, 3.63) is 41.5 Å². The highest BCUT2D eigenvalue weighted by Crippen LogP contribution is 2.30. The van der Waals surface area contributed by atoms with Gasteiger partial charge in [0.1, 0.15) is 17.7 Å². The lowest BCUT2D eigenvalue weighted by molar-refractivity contribution is -0.0857. The maximum atomic E-state index is 12.8. The Hall–Kier alpha value is -2.25. The molecule has 8 heteroatoms. The lowest BCUT2D eigenvalue weighted by Gasteiger charge is -2.18. The van der Waals surface area contributed by atoms with Crippen molar-refractivity contribution >= 4 is 12.1 Å². The average molecular weight is 284 g/mol. The predicted molar refractivity (Wildman–Crippen MR) is 63.7 cm³/mol. The highest BCUT2D eigenvalue weighted by atomic mass is 19.4. The number of halogens is 4. The third kappa shape index (κ3) is 2.28. The second-order valence-corrected chi connectivity index (χ2v) is 4.33. The molecule has 0 radical (unpaired) electrons. The fourth-order valence-corrected chi connectivity index (χ4v) is 1.95. The molecule has 0 fully saturated rings. The number of alkyl halides is 3. The fraction of sp³-hybridized carbons (Fsp3) is 0.250. The summed E-state index contributed by atoms with van der Waals surface area (Å²) in [6.45, 7) is 0.284. The molecule has 1 unspecified atom stereocenters. The molecule has 1 aromatic rings. The smallest absolute Gasteiger partial charge is 0.256 e. The Morgan fingerprint density at radius 1 is 1.25 bits per heavy atom. The molecule has 2 aliphatic heterocycles. The van der Waals surface area contributed by atoms with E-state index in [1.54, 1.807) is 0 Å². The van der Waals surface area contributed by atoms with Crippen LogP contribution in [0.4, 0.5) is 17.6 Å². The van der Waals surface area contributed by atoms with E-state index in [2.05, 4.69) is 15.1 Å². The number of hydrogen-bond donors (Lipinski definition) is 0. The highest BCUT2D eigenvalue weighted by Gasteiger charge is 2.37. The first-order valence-electron chi connectivity index (χ1n) is 5.73. The number of pyridine rings is 1. The van der Waals surface area contributed by atoms with Gasteiger partial charge in [-0.3, -0.25) is 9.98 Å². The molecule has 0 spiro atoms. The number of fused-ring (bicyclic) bond motifs is 1. The third-order valence-electron chi connectivity index (χ3n) is 2.94. The SMILES string of the molecule is Fc1ccc(C2CN3N=CC(C(F)(F)F)=CC3=N2)nc1. The summed E-state index contributed by atoms with van der Waals surface area (Å²) in [5.74, 6) is -0.342. The summed E-state index contributed by atoms with van der Waals surface area (Å²) in [5, 5.41) is 5.09. The Morgan fingerprint density at radius 3 is 2.70 bits per heavy atom. The maximum absolute atomic E-state index is 12.8. The molecule has 4 nitrogen and oxygen atoms in total. The van der Waals surface area contributed by atoms with E-state index in [1.165, 1.54) is 17.1 Å². The van der Waals surface area contributed by atoms with E-state index < -0.39 is 23.6 Å². The number of hydrazone groups is 1. The number of allylic oxidation sites excluding steroid dienone is 1. The van der Waals surface area contributed by atoms with Gasteiger partial charge in [-0.2, -0.15) is 18.3 Å². The van der Waals surface area contributed by atoms with E-state index >= 15 is 0 Å². The van der Waals surface area contributed by atoms with E-state index in [0.717, 1.165) is 18.5 Å². The number of hydrogen-bond acceptors (Lipinski definition) is 4. The van der Waals surface area contributed by atoms with Gasteiger partial charge >= 0.3 is 6.18 Å². The largest absolute Gasteiger partial charge is 0.418 e. The predicted octanol–water partition coefficient (Wildman–Crippen LogP) is 2.46. The third-order valence-corrected chi connectivity index (χ3v) is 2.94. The first kappa shape index (κ1) is 12.8. The van der Waals surface area contributed by atoms with Crippen molar-refractivity contribution in [3.63, 3.8) is 0 Å². The van der Waals surface area contributed by atoms with E-state index in [1.807, 2.05) is 0 Å². The van der Waals surface area contributed by atoms with Crippen LogP contribution in [0.5, 0.6) is 0 Å². The molecule has 0 bridgehead atoms. The van der Waals surface area contributed by atoms with Crippen molar-refractivity contribution in [2.45, 2.75) is 12.2 Å². The molecule has 0 aliphatic carbocycles. The summed E-state index contributed by atoms with van der Waals surface area (Å²) in [7, 11) is 0. The van der Waals surface area contributed by atoms with Crippen LogP contribution in [0.1, 0.15) is 11.7 Å². The maximum Gasteiger partial charge on any atom is 0.418 e. The zero-order chi connectivity index (χ0) is 14.3. The van der Waals surface area contributed by atoms with Gasteiger partial charge in [0.05, 0.1) is 30.2 Å². The molecule has 0 aromatic carbocycles. The lowest BCUT2D eigenvalue weighted by atomic mass is 10.2. The summed E-state index contributed by atoms with van der Waals surface area (Å²) >= 11 is 0. The normalized spacial score (nSPS) is 21.6. The summed E-state index contributed by atoms with van der Waals surface area (Å²) in [6, 6.07) is 2.24. The van der Waals surface area contributed by atoms with E-state index in [9.17, 15) is 17.6 Å². The topological polar surface area (TPSA) is 40.9 Å². The van der Waals surface area contributed by atoms with Crippen LogP contribution in [0.25, 0.3) is 0 Å². The van der Waals surface area contributed by atoms with Crippen molar-refractivity contribution in [2.24, 2.45) is 10.1 Å². The molecule has 0 amide bonds. The summed E-state index contributed by atoms with van der Waals surface area (Å²) in [5.41, 5.74) is -0.356. The van der Waals surface area contributed by atoms with Gasteiger partial charge in [0, 0.05) is 0 Å². The van der Waals surface area contributed by atoms with Gasteiger partial charge in [-0.25, -0.2) is 9.40 Å². The molecule has 0 N–H and O–H groups in total. The van der Waals surface area contributed by atoms with Gasteiger partial charge in [0.15, 0.2) is 0 Å². The van der Waals surface area contributed by atoms with Gasteiger partial charge in [-0.15, -0.1) is 0 Å². The quantitative estimate of drug-likeness (QED) is 0.743. The van der Waals surface area contributed by atoms with Crippen LogP contribution in [0.3, 0.4) is 0 Å². The molecule has 0 saturated heterocycles. The minimum atomic E-state index is -4.45. The summed E-state index contributed by atoms with van der Waals surface area (Å²) < 4.78 is 50.5. The highest BCUT2D eigenvalue weighted by molar-refractivity contribution is 6.02. The Kier molecular flexibility index (Phi) is 2.81. The Balaban J connectivity index is 1.88. The van der Waals surface area contributed by atoms with Gasteiger partial charge in [0.25, 0.3) is 0 Å². The minimum Gasteiger partial charge on any atom is -0.256 e. The molecule has 1 aromatic heterocycles. The Bertz CT molecular complexity index is 615. The van der Waals surface area contributed by atoms with E-state index in [0.29, 0.717) is 5.69 Å². The van der Waals surface area contributed by atoms with Crippen molar-refractivity contribution in [1.29, 1.82) is 0 Å². The van der Waals surface area contributed by atoms with Crippen LogP contribution in [0.15, 0.2) is 40.1 Å². The molecule has 3 heterocycles. The van der Waals surface area contributed by atoms with Crippen molar-refractivity contribution in [1.82, 2.24) is 9.99 Å². The van der Waals surface area contributed by atoms with E-state index in [4.69, 9.17) is 0 Å². The summed E-state index contributed by atoms with van der Waals surface area (Å²) in [4.78, 5) is 8.02. The number of nitrogens with zero attached hydrogens (tertiary/aromatic N) is 4. The second kappa shape index (κ2) is 4.39. The van der Waals surface area contributed by atoms with Gasteiger partial charge in [-0.05, 0) is 18.2 Å². The molecule has 104 valence electrons. The number of amidine groups is 1. The van der Waals surface area contributed by atoms with Gasteiger partial charge in [-0.1, -0.05) is 0 Å². The van der Waals surface area contributed by atoms with Crippen LogP contribution in [0, 0.1) is 5.82 Å². The first-order chi connectivity index (χ1) is 9.43. The minimum absolute atomic E-state index is 0.135. The summed E-state index contributed by atoms with van der Waals surface area (Å²) in [6.07, 6.45) is -1.70. The second-order valence-electron chi connectivity index (χ2n) is 4.33. The van der Waals surface area contributed by atoms with E-state index in [-0.39, 0.29) is 12.4 Å². The van der Waals surface area contributed by atoms with Gasteiger partial charge < -0.3 is 0 Å². The number of rotatable bonds is 1. The molecular formula is C12H8F4N4. The number of aliphatic imine (C=N–C) groups is 1. The van der Waals surface area contributed by atoms with Crippen LogP contribution in [0.2, 0.25) is 0 Å². The van der Waals surface area contributed by atoms with Crippen LogP contribution >= 0.6 is 0 Å². The fourth-order valence-electron chi connectivity index (χ4n) is 1.95. The van der Waals surface area contributed by atoms with Crippen LogP contribution in [-0.4, -0.2) is 34.8 Å². The lowest BCUT2D eigenvalue weighted by Crippen LogP contribution is -2.28. The number of aromatic nitrogens is 1. The van der Waals surface area contributed by atoms with Crippen LogP contribution < -0.4 is 0 Å². The first-order valence-corrected chi connectivity index (χ1v) is 5.73. The molecule has 2 aliphatic rings. The van der Waals surface area contributed by atoms with Crippen molar-refractivity contribution < 1.29 is 17.6 Å². The zero-order valence-corrected chi connectivity index (χ0v) is 9.97. The zero-order valence-electron chi connectivity index (χ0n) is 9.97. The van der Waals surface area contributed by atoms with Crippen molar-refractivity contribution in [2.75, 3.05) is 6.54 Å². The monoisotopic (exact) mass is 284 g/mol.